The van der Waals surface area contributed by atoms with Crippen LogP contribution in [0.25, 0.3) is 0 Å². The van der Waals surface area contributed by atoms with E-state index in [4.69, 9.17) is 13.6 Å². The minimum Gasteiger partial charge on any atom is -0.488 e. The number of benzene rings is 2. The van der Waals surface area contributed by atoms with E-state index in [9.17, 15) is 0 Å². The molecule has 0 bridgehead atoms. The van der Waals surface area contributed by atoms with E-state index in [1.54, 1.807) is 0 Å². The van der Waals surface area contributed by atoms with E-state index in [0.29, 0.717) is 12.8 Å². The van der Waals surface area contributed by atoms with E-state index in [1.807, 2.05) is 72.8 Å². The molecule has 0 spiro atoms. The van der Waals surface area contributed by atoms with E-state index in [1.165, 1.54) is 0 Å². The highest BCUT2D eigenvalue weighted by atomic mass is 28.4. The van der Waals surface area contributed by atoms with Gasteiger partial charge >= 0.3 is 0 Å². The van der Waals surface area contributed by atoms with Gasteiger partial charge in [0, 0.05) is 12.8 Å². The van der Waals surface area contributed by atoms with E-state index < -0.39 is 27.1 Å². The predicted octanol–water partition coefficient (Wildman–Crippen LogP) is 8.88. The highest BCUT2D eigenvalue weighted by Gasteiger charge is 2.67. The lowest BCUT2D eigenvalue weighted by Gasteiger charge is -2.57. The van der Waals surface area contributed by atoms with Gasteiger partial charge in [-0.2, -0.15) is 0 Å². The molecule has 192 valence electrons. The second-order valence-electron chi connectivity index (χ2n) is 10.6. The molecule has 5 heteroatoms. The molecule has 0 aliphatic carbocycles. The van der Waals surface area contributed by atoms with Crippen molar-refractivity contribution in [2.75, 3.05) is 0 Å². The van der Waals surface area contributed by atoms with Crippen molar-refractivity contribution in [1.29, 1.82) is 0 Å². The molecule has 0 heterocycles. The van der Waals surface area contributed by atoms with Crippen LogP contribution in [0.5, 0.6) is 11.5 Å². The summed E-state index contributed by atoms with van der Waals surface area (Å²) in [5.41, 5.74) is 0. The summed E-state index contributed by atoms with van der Waals surface area (Å²) < 4.78 is 21.7. The number of para-hydroxylation sites is 2. The van der Waals surface area contributed by atoms with Gasteiger partial charge in [0.15, 0.2) is 8.32 Å². The molecular weight excluding hydrogens is 464 g/mol. The maximum atomic E-state index is 7.44. The van der Waals surface area contributed by atoms with Crippen LogP contribution < -0.4 is 9.47 Å². The van der Waals surface area contributed by atoms with Crippen molar-refractivity contribution in [2.24, 2.45) is 0 Å². The van der Waals surface area contributed by atoms with E-state index >= 15 is 0 Å². The summed E-state index contributed by atoms with van der Waals surface area (Å²) in [6, 6.07) is 20.3. The van der Waals surface area contributed by atoms with Crippen LogP contribution in [0.3, 0.4) is 0 Å². The normalized spacial score (nSPS) is 16.9. The Labute approximate surface area is 216 Å². The molecule has 0 fully saturated rings. The molecule has 0 amide bonds. The Morgan fingerprint density at radius 2 is 1.06 bits per heavy atom. The van der Waals surface area contributed by atoms with Crippen LogP contribution in [0.15, 0.2) is 86.0 Å². The van der Waals surface area contributed by atoms with Gasteiger partial charge in [0.2, 0.25) is 0 Å². The Morgan fingerprint density at radius 3 is 1.34 bits per heavy atom. The van der Waals surface area contributed by atoms with Crippen LogP contribution in [0.2, 0.25) is 26.2 Å². The van der Waals surface area contributed by atoms with Crippen molar-refractivity contribution in [3.05, 3.63) is 86.0 Å². The maximum Gasteiger partial charge on any atom is 0.270 e. The molecule has 3 nitrogen and oxygen atoms in total. The second-order valence-corrected chi connectivity index (χ2v) is 19.5. The zero-order chi connectivity index (χ0) is 26.0. The molecule has 35 heavy (non-hydrogen) atoms. The lowest BCUT2D eigenvalue weighted by Crippen LogP contribution is -2.77. The van der Waals surface area contributed by atoms with Crippen LogP contribution in [0.4, 0.5) is 0 Å². The summed E-state index contributed by atoms with van der Waals surface area (Å²) in [6.45, 7) is 22.0. The molecule has 2 unspecified atom stereocenters. The van der Waals surface area contributed by atoms with Crippen molar-refractivity contribution in [3.8, 4) is 11.5 Å². The number of hydrogen-bond donors (Lipinski definition) is 0. The maximum absolute atomic E-state index is 7.44. The Bertz CT molecular complexity index is 845. The smallest absolute Gasteiger partial charge is 0.270 e. The number of rotatable bonds is 16. The molecular formula is C30H46O3Si2. The van der Waals surface area contributed by atoms with Crippen molar-refractivity contribution < 1.29 is 13.6 Å². The highest BCUT2D eigenvalue weighted by Crippen LogP contribution is 2.48. The lowest BCUT2D eigenvalue weighted by atomic mass is 10.1. The first kappa shape index (κ1) is 29.1. The quantitative estimate of drug-likeness (QED) is 0.167. The van der Waals surface area contributed by atoms with Crippen molar-refractivity contribution in [1.82, 2.24) is 0 Å². The van der Waals surface area contributed by atoms with Crippen LogP contribution in [0.1, 0.15) is 52.4 Å². The van der Waals surface area contributed by atoms with Gasteiger partial charge < -0.3 is 13.6 Å². The third-order valence-corrected chi connectivity index (χ3v) is 15.3. The molecule has 0 aliphatic rings. The molecule has 0 saturated carbocycles. The zero-order valence-corrected chi connectivity index (χ0v) is 24.8. The summed E-state index contributed by atoms with van der Waals surface area (Å²) in [7, 11) is -4.95. The average molecular weight is 511 g/mol. The number of ether oxygens (including phenoxy) is 2. The fourth-order valence-corrected chi connectivity index (χ4v) is 15.7. The van der Waals surface area contributed by atoms with Gasteiger partial charge in [-0.3, -0.25) is 0 Å². The summed E-state index contributed by atoms with van der Waals surface area (Å²) in [6.07, 6.45) is 9.08. The van der Waals surface area contributed by atoms with E-state index in [0.717, 1.165) is 37.2 Å². The summed E-state index contributed by atoms with van der Waals surface area (Å²) in [4.78, 5) is 0. The standard InChI is InChI=1S/C30H46O3Si2/c1-9-23-29(24-10-2,31-27-19-15-13-16-20-27)35(8,33-34(5,6)7)30(25-11-3,26-12-4)32-28-21-17-14-18-22-28/h9,11,13-22H,1,3,10,12,23-26H2,2,4-8H3. The summed E-state index contributed by atoms with van der Waals surface area (Å²) >= 11 is 0. The zero-order valence-electron chi connectivity index (χ0n) is 22.8. The molecule has 2 rings (SSSR count). The minimum absolute atomic E-state index is 0.557. The first-order valence-electron chi connectivity index (χ1n) is 13.0. The van der Waals surface area contributed by atoms with Gasteiger partial charge in [0.1, 0.15) is 21.9 Å². The highest BCUT2D eigenvalue weighted by molar-refractivity contribution is 6.88. The Morgan fingerprint density at radius 1 is 0.686 bits per heavy atom. The molecule has 2 aromatic carbocycles. The summed E-state index contributed by atoms with van der Waals surface area (Å²) in [5.74, 6) is 1.73. The van der Waals surface area contributed by atoms with Crippen LogP contribution >= 0.6 is 0 Å². The minimum atomic E-state index is -2.92. The molecule has 2 aromatic rings. The topological polar surface area (TPSA) is 27.7 Å². The molecule has 0 aromatic heterocycles. The third-order valence-electron chi connectivity index (χ3n) is 6.62. The first-order chi connectivity index (χ1) is 16.6. The van der Waals surface area contributed by atoms with Crippen LogP contribution in [-0.2, 0) is 4.12 Å². The Hall–Kier alpha value is -2.09. The molecule has 0 aliphatic heterocycles. The van der Waals surface area contributed by atoms with Gasteiger partial charge in [-0.15, -0.1) is 13.2 Å². The molecule has 0 saturated heterocycles. The summed E-state index contributed by atoms with van der Waals surface area (Å²) in [5, 5.41) is -1.11. The largest absolute Gasteiger partial charge is 0.488 e. The van der Waals surface area contributed by atoms with Crippen molar-refractivity contribution >= 4 is 16.6 Å². The molecule has 0 radical (unpaired) electrons. The fraction of sp³-hybridized carbons (Fsp3) is 0.467. The van der Waals surface area contributed by atoms with Crippen molar-refractivity contribution in [3.63, 3.8) is 0 Å². The third kappa shape index (κ3) is 6.99. The van der Waals surface area contributed by atoms with Gasteiger partial charge in [-0.1, -0.05) is 75.2 Å². The predicted molar refractivity (Wildman–Crippen MR) is 155 cm³/mol. The van der Waals surface area contributed by atoms with Gasteiger partial charge in [-0.05, 0) is 63.3 Å². The van der Waals surface area contributed by atoms with Crippen LogP contribution in [0, 0.1) is 0 Å². The molecule has 0 N–H and O–H groups in total. The van der Waals surface area contributed by atoms with Gasteiger partial charge in [0.05, 0.1) is 0 Å². The monoisotopic (exact) mass is 510 g/mol. The van der Waals surface area contributed by atoms with Gasteiger partial charge in [0.25, 0.3) is 8.32 Å². The second kappa shape index (κ2) is 12.7. The molecule has 2 atom stereocenters. The first-order valence-corrected chi connectivity index (χ1v) is 18.8. The van der Waals surface area contributed by atoms with E-state index in [-0.39, 0.29) is 0 Å². The Balaban J connectivity index is 2.87. The SMILES string of the molecule is C=CCC(CCC)(Oc1ccccc1)[Si](C)(O[Si](C)(C)C)C(CC=C)(CCC)Oc1ccccc1. The van der Waals surface area contributed by atoms with Crippen molar-refractivity contribution in [2.45, 2.75) is 89.0 Å². The van der Waals surface area contributed by atoms with Gasteiger partial charge in [-0.25, -0.2) is 0 Å². The fourth-order valence-electron chi connectivity index (χ4n) is 5.37. The lowest BCUT2D eigenvalue weighted by molar-refractivity contribution is 0.0575. The Kier molecular flexibility index (Phi) is 10.6. The number of hydrogen-bond acceptors (Lipinski definition) is 3. The van der Waals surface area contributed by atoms with E-state index in [2.05, 4.69) is 53.2 Å². The average Bonchev–Trinajstić information content (AvgIpc) is 2.79. The van der Waals surface area contributed by atoms with Crippen LogP contribution in [-0.4, -0.2) is 27.1 Å².